The molecule has 3 rings (SSSR count). The predicted octanol–water partition coefficient (Wildman–Crippen LogP) is 3.72. The first-order valence-corrected chi connectivity index (χ1v) is 6.54. The largest absolute Gasteiger partial charge is 0.438 e. The van der Waals surface area contributed by atoms with E-state index < -0.39 is 0 Å². The summed E-state index contributed by atoms with van der Waals surface area (Å²) < 4.78 is 5.93. The fraction of sp³-hybridized carbons (Fsp3) is 0.214. The standard InChI is InChI=1S/C14H13ClN4O/c1-7-4-8(2)9(3)11(5-7)20-13-10-6-16-19-12(10)17-14(15)18-13/h4-6H,1-3H3,(H,16,17,18,19). The van der Waals surface area contributed by atoms with E-state index >= 15 is 0 Å². The van der Waals surface area contributed by atoms with Gasteiger partial charge in [0.05, 0.1) is 6.20 Å². The van der Waals surface area contributed by atoms with Gasteiger partial charge in [-0.05, 0) is 55.1 Å². The second-order valence-electron chi connectivity index (χ2n) is 4.74. The molecule has 3 aromatic rings. The molecule has 0 aliphatic rings. The maximum Gasteiger partial charge on any atom is 0.234 e. The minimum atomic E-state index is 0.124. The summed E-state index contributed by atoms with van der Waals surface area (Å²) >= 11 is 5.90. The van der Waals surface area contributed by atoms with E-state index in [1.165, 1.54) is 5.56 Å². The Morgan fingerprint density at radius 2 is 1.95 bits per heavy atom. The van der Waals surface area contributed by atoms with Crippen LogP contribution < -0.4 is 4.74 Å². The van der Waals surface area contributed by atoms with E-state index in [0.717, 1.165) is 16.9 Å². The van der Waals surface area contributed by atoms with Gasteiger partial charge in [0, 0.05) is 0 Å². The smallest absolute Gasteiger partial charge is 0.234 e. The molecule has 0 aliphatic heterocycles. The summed E-state index contributed by atoms with van der Waals surface area (Å²) in [7, 11) is 0. The van der Waals surface area contributed by atoms with Gasteiger partial charge in [-0.2, -0.15) is 15.1 Å². The topological polar surface area (TPSA) is 63.7 Å². The Balaban J connectivity index is 2.12. The summed E-state index contributed by atoms with van der Waals surface area (Å²) in [5, 5.41) is 7.52. The van der Waals surface area contributed by atoms with Crippen LogP contribution in [0.25, 0.3) is 11.0 Å². The fourth-order valence-corrected chi connectivity index (χ4v) is 2.23. The van der Waals surface area contributed by atoms with E-state index in [9.17, 15) is 0 Å². The summed E-state index contributed by atoms with van der Waals surface area (Å²) in [4.78, 5) is 8.19. The second kappa shape index (κ2) is 4.76. The van der Waals surface area contributed by atoms with E-state index in [0.29, 0.717) is 16.9 Å². The first kappa shape index (κ1) is 12.9. The maximum atomic E-state index is 5.93. The highest BCUT2D eigenvalue weighted by atomic mass is 35.5. The van der Waals surface area contributed by atoms with Crippen LogP contribution >= 0.6 is 11.6 Å². The average Bonchev–Trinajstić information content (AvgIpc) is 2.83. The molecular weight excluding hydrogens is 276 g/mol. The van der Waals surface area contributed by atoms with Gasteiger partial charge in [0.1, 0.15) is 11.1 Å². The zero-order chi connectivity index (χ0) is 14.3. The highest BCUT2D eigenvalue weighted by Crippen LogP contribution is 2.31. The van der Waals surface area contributed by atoms with E-state index in [-0.39, 0.29) is 5.28 Å². The lowest BCUT2D eigenvalue weighted by Crippen LogP contribution is -1.95. The Morgan fingerprint density at radius 1 is 1.15 bits per heavy atom. The van der Waals surface area contributed by atoms with Crippen molar-refractivity contribution in [2.75, 3.05) is 0 Å². The molecule has 0 bridgehead atoms. The zero-order valence-corrected chi connectivity index (χ0v) is 12.1. The van der Waals surface area contributed by atoms with Gasteiger partial charge in [-0.15, -0.1) is 0 Å². The molecule has 2 aromatic heterocycles. The Labute approximate surface area is 121 Å². The Hall–Kier alpha value is -2.14. The number of aromatic nitrogens is 4. The third kappa shape index (κ3) is 2.20. The van der Waals surface area contributed by atoms with Crippen LogP contribution in [0.2, 0.25) is 5.28 Å². The van der Waals surface area contributed by atoms with Gasteiger partial charge in [-0.25, -0.2) is 0 Å². The quantitative estimate of drug-likeness (QED) is 0.730. The Kier molecular flexibility index (Phi) is 3.06. The minimum absolute atomic E-state index is 0.124. The third-order valence-corrected chi connectivity index (χ3v) is 3.39. The van der Waals surface area contributed by atoms with Gasteiger partial charge in [0.15, 0.2) is 5.65 Å². The van der Waals surface area contributed by atoms with E-state index in [2.05, 4.69) is 33.2 Å². The number of hydrogen-bond acceptors (Lipinski definition) is 4. The van der Waals surface area contributed by atoms with Gasteiger partial charge in [0.2, 0.25) is 11.2 Å². The summed E-state index contributed by atoms with van der Waals surface area (Å²) in [6.45, 7) is 6.09. The van der Waals surface area contributed by atoms with Crippen LogP contribution in [0.5, 0.6) is 11.6 Å². The van der Waals surface area contributed by atoms with Crippen LogP contribution in [0.15, 0.2) is 18.3 Å². The number of fused-ring (bicyclic) bond motifs is 1. The number of aryl methyl sites for hydroxylation is 2. The fourth-order valence-electron chi connectivity index (χ4n) is 2.07. The molecule has 0 aliphatic carbocycles. The molecule has 0 atom stereocenters. The lowest BCUT2D eigenvalue weighted by atomic mass is 10.1. The molecule has 0 saturated heterocycles. The molecule has 20 heavy (non-hydrogen) atoms. The summed E-state index contributed by atoms with van der Waals surface area (Å²) in [5.74, 6) is 1.17. The number of nitrogens with zero attached hydrogens (tertiary/aromatic N) is 3. The molecule has 2 heterocycles. The van der Waals surface area contributed by atoms with Crippen molar-refractivity contribution < 1.29 is 4.74 Å². The van der Waals surface area contributed by atoms with Crippen molar-refractivity contribution in [3.63, 3.8) is 0 Å². The first-order valence-electron chi connectivity index (χ1n) is 6.17. The maximum absolute atomic E-state index is 5.93. The Morgan fingerprint density at radius 3 is 2.75 bits per heavy atom. The SMILES string of the molecule is Cc1cc(C)c(C)c(Oc2nc(Cl)nc3[nH]ncc23)c1. The Bertz CT molecular complexity index is 797. The molecule has 0 radical (unpaired) electrons. The molecule has 0 unspecified atom stereocenters. The van der Waals surface area contributed by atoms with Crippen molar-refractivity contribution in [3.05, 3.63) is 40.3 Å². The molecule has 6 heteroatoms. The van der Waals surface area contributed by atoms with Crippen molar-refractivity contribution >= 4 is 22.6 Å². The molecule has 1 aromatic carbocycles. The zero-order valence-electron chi connectivity index (χ0n) is 11.4. The first-order chi connectivity index (χ1) is 9.54. The van der Waals surface area contributed by atoms with E-state index in [1.54, 1.807) is 6.20 Å². The van der Waals surface area contributed by atoms with E-state index in [4.69, 9.17) is 16.3 Å². The molecule has 1 N–H and O–H groups in total. The van der Waals surface area contributed by atoms with Gasteiger partial charge in [0.25, 0.3) is 0 Å². The molecule has 0 spiro atoms. The second-order valence-corrected chi connectivity index (χ2v) is 5.08. The van der Waals surface area contributed by atoms with Gasteiger partial charge >= 0.3 is 0 Å². The number of aromatic amines is 1. The number of ether oxygens (including phenoxy) is 1. The van der Waals surface area contributed by atoms with Crippen molar-refractivity contribution in [2.45, 2.75) is 20.8 Å². The minimum Gasteiger partial charge on any atom is -0.438 e. The average molecular weight is 289 g/mol. The molecule has 5 nitrogen and oxygen atoms in total. The van der Waals surface area contributed by atoms with Crippen molar-refractivity contribution in [2.24, 2.45) is 0 Å². The number of nitrogens with one attached hydrogen (secondary N) is 1. The van der Waals surface area contributed by atoms with Crippen molar-refractivity contribution in [1.29, 1.82) is 0 Å². The molecule has 102 valence electrons. The summed E-state index contributed by atoms with van der Waals surface area (Å²) in [5.41, 5.74) is 3.93. The summed E-state index contributed by atoms with van der Waals surface area (Å²) in [6.07, 6.45) is 1.62. The van der Waals surface area contributed by atoms with Crippen LogP contribution in [0.1, 0.15) is 16.7 Å². The van der Waals surface area contributed by atoms with Gasteiger partial charge in [-0.3, -0.25) is 5.10 Å². The predicted molar refractivity (Wildman–Crippen MR) is 77.4 cm³/mol. The number of halogens is 1. The monoisotopic (exact) mass is 288 g/mol. The van der Waals surface area contributed by atoms with Crippen molar-refractivity contribution in [1.82, 2.24) is 20.2 Å². The molecule has 0 fully saturated rings. The number of benzene rings is 1. The van der Waals surface area contributed by atoms with Crippen LogP contribution in [0.3, 0.4) is 0 Å². The highest BCUT2D eigenvalue weighted by Gasteiger charge is 2.12. The highest BCUT2D eigenvalue weighted by molar-refractivity contribution is 6.28. The van der Waals surface area contributed by atoms with Crippen LogP contribution in [-0.2, 0) is 0 Å². The van der Waals surface area contributed by atoms with Crippen LogP contribution in [0, 0.1) is 20.8 Å². The van der Waals surface area contributed by atoms with Gasteiger partial charge in [-0.1, -0.05) is 6.07 Å². The van der Waals surface area contributed by atoms with Gasteiger partial charge < -0.3 is 4.74 Å². The number of H-pyrrole nitrogens is 1. The lowest BCUT2D eigenvalue weighted by Gasteiger charge is -2.11. The van der Waals surface area contributed by atoms with Crippen LogP contribution in [-0.4, -0.2) is 20.2 Å². The third-order valence-electron chi connectivity index (χ3n) is 3.22. The van der Waals surface area contributed by atoms with E-state index in [1.807, 2.05) is 19.9 Å². The summed E-state index contributed by atoms with van der Waals surface area (Å²) in [6, 6.07) is 4.09. The van der Waals surface area contributed by atoms with Crippen LogP contribution in [0.4, 0.5) is 0 Å². The molecule has 0 amide bonds. The lowest BCUT2D eigenvalue weighted by molar-refractivity contribution is 0.464. The molecular formula is C14H13ClN4O. The number of rotatable bonds is 2. The van der Waals surface area contributed by atoms with Crippen molar-refractivity contribution in [3.8, 4) is 11.6 Å². The number of hydrogen-bond donors (Lipinski definition) is 1. The molecule has 0 saturated carbocycles. The normalized spacial score (nSPS) is 11.0.